The van der Waals surface area contributed by atoms with Crippen LogP contribution in [-0.4, -0.2) is 71.5 Å². The molecule has 1 unspecified atom stereocenters. The Hall–Kier alpha value is -2.22. The van der Waals surface area contributed by atoms with Gasteiger partial charge in [0.2, 0.25) is 11.8 Å². The van der Waals surface area contributed by atoms with Crippen LogP contribution in [0.2, 0.25) is 0 Å². The van der Waals surface area contributed by atoms with Gasteiger partial charge in [-0.25, -0.2) is 4.98 Å². The molecule has 8 heteroatoms. The number of amides is 2. The largest absolute Gasteiger partial charge is 0.383 e. The van der Waals surface area contributed by atoms with Gasteiger partial charge < -0.3 is 19.5 Å². The lowest BCUT2D eigenvalue weighted by molar-refractivity contribution is -0.136. The number of aromatic amines is 1. The average molecular weight is 362 g/mol. The van der Waals surface area contributed by atoms with E-state index in [0.717, 1.165) is 6.42 Å². The summed E-state index contributed by atoms with van der Waals surface area (Å²) in [6, 6.07) is 0. The number of nitrogens with one attached hydrogen (secondary N) is 1. The topological polar surface area (TPSA) is 95.6 Å². The molecule has 2 fully saturated rings. The van der Waals surface area contributed by atoms with E-state index in [4.69, 9.17) is 4.74 Å². The highest BCUT2D eigenvalue weighted by Gasteiger charge is 2.51. The monoisotopic (exact) mass is 362 g/mol. The van der Waals surface area contributed by atoms with Crippen molar-refractivity contribution in [3.63, 3.8) is 0 Å². The van der Waals surface area contributed by atoms with Crippen molar-refractivity contribution in [2.75, 3.05) is 39.9 Å². The minimum atomic E-state index is -0.462. The summed E-state index contributed by atoms with van der Waals surface area (Å²) in [5.74, 6) is 0.539. The maximum Gasteiger partial charge on any atom is 0.254 e. The number of rotatable bonds is 5. The van der Waals surface area contributed by atoms with Crippen LogP contribution in [0.4, 0.5) is 0 Å². The number of H-pyrrole nitrogens is 1. The Kier molecular flexibility index (Phi) is 5.13. The van der Waals surface area contributed by atoms with Crippen molar-refractivity contribution in [3.8, 4) is 0 Å². The van der Waals surface area contributed by atoms with Crippen LogP contribution >= 0.6 is 0 Å². The molecule has 3 rings (SSSR count). The van der Waals surface area contributed by atoms with Gasteiger partial charge in [-0.15, -0.1) is 0 Å². The number of carbonyl (C=O) groups excluding carboxylic acids is 2. The van der Waals surface area contributed by atoms with E-state index < -0.39 is 5.41 Å². The molecule has 26 heavy (non-hydrogen) atoms. The lowest BCUT2D eigenvalue weighted by Crippen LogP contribution is -2.40. The SMILES string of the molecule is COCCN1CCC2(CCN(C(=O)Cc3c(C)nc(C)[nH]c3=O)C2)C1=O. The molecule has 142 valence electrons. The third kappa shape index (κ3) is 3.38. The number of likely N-dealkylation sites (tertiary alicyclic amines) is 2. The molecule has 0 aromatic carbocycles. The highest BCUT2D eigenvalue weighted by molar-refractivity contribution is 5.87. The van der Waals surface area contributed by atoms with Crippen molar-refractivity contribution in [1.29, 1.82) is 0 Å². The van der Waals surface area contributed by atoms with Gasteiger partial charge in [-0.2, -0.15) is 0 Å². The third-order valence-electron chi connectivity index (χ3n) is 5.54. The molecule has 1 aromatic heterocycles. The minimum absolute atomic E-state index is 0.0199. The Balaban J connectivity index is 1.67. The third-order valence-corrected chi connectivity index (χ3v) is 5.54. The number of nitrogens with zero attached hydrogens (tertiary/aromatic N) is 3. The van der Waals surface area contributed by atoms with Gasteiger partial charge in [0.15, 0.2) is 0 Å². The van der Waals surface area contributed by atoms with Crippen LogP contribution in [-0.2, 0) is 20.7 Å². The van der Waals surface area contributed by atoms with E-state index in [2.05, 4.69) is 9.97 Å². The second-order valence-corrected chi connectivity index (χ2v) is 7.27. The summed E-state index contributed by atoms with van der Waals surface area (Å²) < 4.78 is 5.06. The Bertz CT molecular complexity index is 775. The molecule has 2 amide bonds. The first-order chi connectivity index (χ1) is 12.4. The predicted octanol–water partition coefficient (Wildman–Crippen LogP) is 0.0266. The normalized spacial score (nSPS) is 22.7. The molecule has 1 spiro atoms. The summed E-state index contributed by atoms with van der Waals surface area (Å²) in [6.45, 7) is 6.27. The van der Waals surface area contributed by atoms with Crippen LogP contribution < -0.4 is 5.56 Å². The van der Waals surface area contributed by atoms with Crippen molar-refractivity contribution >= 4 is 11.8 Å². The zero-order valence-corrected chi connectivity index (χ0v) is 15.6. The molecule has 1 N–H and O–H groups in total. The summed E-state index contributed by atoms with van der Waals surface area (Å²) in [6.07, 6.45) is 1.47. The van der Waals surface area contributed by atoms with Crippen LogP contribution in [0.25, 0.3) is 0 Å². The first-order valence-corrected chi connectivity index (χ1v) is 8.99. The van der Waals surface area contributed by atoms with Gasteiger partial charge in [-0.3, -0.25) is 14.4 Å². The molecular formula is C18H26N4O4. The van der Waals surface area contributed by atoms with Gasteiger partial charge in [-0.05, 0) is 26.7 Å². The zero-order valence-electron chi connectivity index (χ0n) is 15.6. The van der Waals surface area contributed by atoms with E-state index in [1.165, 1.54) is 0 Å². The van der Waals surface area contributed by atoms with Gasteiger partial charge in [0.1, 0.15) is 5.82 Å². The van der Waals surface area contributed by atoms with Crippen molar-refractivity contribution < 1.29 is 14.3 Å². The molecule has 8 nitrogen and oxygen atoms in total. The van der Waals surface area contributed by atoms with Gasteiger partial charge in [0, 0.05) is 44.5 Å². The Morgan fingerprint density at radius 1 is 1.27 bits per heavy atom. The van der Waals surface area contributed by atoms with E-state index in [9.17, 15) is 14.4 Å². The van der Waals surface area contributed by atoms with E-state index in [1.54, 1.807) is 25.9 Å². The molecule has 0 bridgehead atoms. The Morgan fingerprint density at radius 3 is 2.69 bits per heavy atom. The maximum atomic E-state index is 12.8. The molecule has 1 aromatic rings. The number of hydrogen-bond donors (Lipinski definition) is 1. The van der Waals surface area contributed by atoms with Gasteiger partial charge in [0.05, 0.1) is 18.4 Å². The second kappa shape index (κ2) is 7.19. The maximum absolute atomic E-state index is 12.8. The zero-order chi connectivity index (χ0) is 18.9. The molecular weight excluding hydrogens is 336 g/mol. The average Bonchev–Trinajstić information content (AvgIpc) is 3.15. The summed E-state index contributed by atoms with van der Waals surface area (Å²) in [5, 5.41) is 0. The van der Waals surface area contributed by atoms with Gasteiger partial charge in [0.25, 0.3) is 5.56 Å². The molecule has 0 radical (unpaired) electrons. The smallest absolute Gasteiger partial charge is 0.254 e. The van der Waals surface area contributed by atoms with E-state index >= 15 is 0 Å². The molecule has 3 heterocycles. The standard InChI is InChI=1S/C18H26N4O4/c1-12-14(16(24)20-13(2)19-12)10-15(23)22-7-5-18(11-22)4-6-21(17(18)25)8-9-26-3/h4-11H2,1-3H3,(H,19,20,24). The van der Waals surface area contributed by atoms with Crippen molar-refractivity contribution in [3.05, 3.63) is 27.4 Å². The Labute approximate surface area is 152 Å². The van der Waals surface area contributed by atoms with Crippen LogP contribution in [0.5, 0.6) is 0 Å². The van der Waals surface area contributed by atoms with Crippen LogP contribution in [0.1, 0.15) is 29.9 Å². The van der Waals surface area contributed by atoms with Crippen molar-refractivity contribution in [1.82, 2.24) is 19.8 Å². The van der Waals surface area contributed by atoms with E-state index in [1.807, 2.05) is 4.90 Å². The first kappa shape index (κ1) is 18.6. The van der Waals surface area contributed by atoms with Gasteiger partial charge >= 0.3 is 0 Å². The lowest BCUT2D eigenvalue weighted by Gasteiger charge is -2.23. The predicted molar refractivity (Wildman–Crippen MR) is 94.7 cm³/mol. The second-order valence-electron chi connectivity index (χ2n) is 7.27. The fourth-order valence-electron chi connectivity index (χ4n) is 3.99. The number of carbonyl (C=O) groups is 2. The summed E-state index contributed by atoms with van der Waals surface area (Å²) in [7, 11) is 1.62. The molecule has 1 atom stereocenters. The summed E-state index contributed by atoms with van der Waals surface area (Å²) in [5.41, 5.74) is 0.258. The highest BCUT2D eigenvalue weighted by Crippen LogP contribution is 2.40. The molecule has 2 aliphatic rings. The molecule has 0 saturated carbocycles. The molecule has 2 aliphatic heterocycles. The van der Waals surface area contributed by atoms with Crippen molar-refractivity contribution in [2.45, 2.75) is 33.1 Å². The fraction of sp³-hybridized carbons (Fsp3) is 0.667. The van der Waals surface area contributed by atoms with Crippen molar-refractivity contribution in [2.24, 2.45) is 5.41 Å². The minimum Gasteiger partial charge on any atom is -0.383 e. The first-order valence-electron chi connectivity index (χ1n) is 8.99. The quantitative estimate of drug-likeness (QED) is 0.797. The number of aryl methyl sites for hydroxylation is 2. The van der Waals surface area contributed by atoms with E-state index in [-0.39, 0.29) is 23.8 Å². The summed E-state index contributed by atoms with van der Waals surface area (Å²) >= 11 is 0. The Morgan fingerprint density at radius 2 is 2.00 bits per heavy atom. The number of aromatic nitrogens is 2. The molecule has 2 saturated heterocycles. The highest BCUT2D eigenvalue weighted by atomic mass is 16.5. The summed E-state index contributed by atoms with van der Waals surface area (Å²) in [4.78, 5) is 48.0. The van der Waals surface area contributed by atoms with Gasteiger partial charge in [-0.1, -0.05) is 0 Å². The van der Waals surface area contributed by atoms with Crippen LogP contribution in [0.3, 0.4) is 0 Å². The molecule has 0 aliphatic carbocycles. The number of ether oxygens (including phenoxy) is 1. The van der Waals surface area contributed by atoms with Crippen LogP contribution in [0, 0.1) is 19.3 Å². The fourth-order valence-corrected chi connectivity index (χ4v) is 3.99. The van der Waals surface area contributed by atoms with E-state index in [0.29, 0.717) is 56.3 Å². The lowest BCUT2D eigenvalue weighted by atomic mass is 9.85. The van der Waals surface area contributed by atoms with Crippen LogP contribution in [0.15, 0.2) is 4.79 Å². The number of hydrogen-bond acceptors (Lipinski definition) is 5. The number of methoxy groups -OCH3 is 1.